The van der Waals surface area contributed by atoms with E-state index in [1.165, 1.54) is 11.1 Å². The van der Waals surface area contributed by atoms with E-state index < -0.39 is 0 Å². The normalized spacial score (nSPS) is 13.5. The number of rotatable bonds is 3. The van der Waals surface area contributed by atoms with Crippen molar-refractivity contribution < 1.29 is 0 Å². The van der Waals surface area contributed by atoms with Crippen molar-refractivity contribution in [2.24, 2.45) is 0 Å². The lowest BCUT2D eigenvalue weighted by molar-refractivity contribution is 0.624. The van der Waals surface area contributed by atoms with Crippen molar-refractivity contribution in [1.29, 1.82) is 0 Å². The number of benzene rings is 2. The van der Waals surface area contributed by atoms with Crippen molar-refractivity contribution >= 4 is 0 Å². The van der Waals surface area contributed by atoms with Crippen molar-refractivity contribution in [3.05, 3.63) is 71.8 Å². The Hall–Kier alpha value is -1.56. The third kappa shape index (κ3) is 3.20. The third-order valence-corrected chi connectivity index (χ3v) is 3.40. The van der Waals surface area contributed by atoms with Crippen LogP contribution in [0.3, 0.4) is 0 Å². The zero-order valence-electron chi connectivity index (χ0n) is 9.93. The van der Waals surface area contributed by atoms with Gasteiger partial charge >= 0.3 is 0 Å². The predicted octanol–water partition coefficient (Wildman–Crippen LogP) is 5.23. The molecule has 0 saturated heterocycles. The van der Waals surface area contributed by atoms with Gasteiger partial charge in [0.15, 0.2) is 0 Å². The van der Waals surface area contributed by atoms with E-state index in [1.54, 1.807) is 0 Å². The quantitative estimate of drug-likeness (QED) is 0.672. The Bertz CT molecular complexity index is 373. The van der Waals surface area contributed by atoms with Crippen LogP contribution in [0.4, 0.5) is 0 Å². The van der Waals surface area contributed by atoms with Gasteiger partial charge in [-0.05, 0) is 23.0 Å². The molecule has 17 heavy (non-hydrogen) atoms. The van der Waals surface area contributed by atoms with E-state index in [-0.39, 0.29) is 7.43 Å². The Morgan fingerprint density at radius 2 is 0.882 bits per heavy atom. The summed E-state index contributed by atoms with van der Waals surface area (Å²) >= 11 is 0. The Kier molecular flexibility index (Phi) is 4.96. The zero-order valence-corrected chi connectivity index (χ0v) is 9.93. The Labute approximate surface area is 105 Å². The molecule has 2 unspecified atom stereocenters. The van der Waals surface area contributed by atoms with E-state index >= 15 is 0 Å². The molecule has 0 N–H and O–H groups in total. The first-order valence-electron chi connectivity index (χ1n) is 5.89. The molecule has 2 atom stereocenters. The van der Waals surface area contributed by atoms with Crippen molar-refractivity contribution in [1.82, 2.24) is 0 Å². The summed E-state index contributed by atoms with van der Waals surface area (Å²) in [6, 6.07) is 21.5. The molecule has 90 valence electrons. The van der Waals surface area contributed by atoms with E-state index in [0.717, 1.165) is 0 Å². The van der Waals surface area contributed by atoms with Crippen LogP contribution in [0.1, 0.15) is 44.2 Å². The van der Waals surface area contributed by atoms with E-state index in [2.05, 4.69) is 74.5 Å². The second-order valence-corrected chi connectivity index (χ2v) is 4.40. The molecule has 2 aromatic carbocycles. The Morgan fingerprint density at radius 3 is 1.18 bits per heavy atom. The van der Waals surface area contributed by atoms with Crippen LogP contribution >= 0.6 is 0 Å². The molecule has 0 heteroatoms. The van der Waals surface area contributed by atoms with Gasteiger partial charge in [-0.2, -0.15) is 0 Å². The topological polar surface area (TPSA) is 0 Å². The average molecular weight is 226 g/mol. The second-order valence-electron chi connectivity index (χ2n) is 4.40. The fourth-order valence-electron chi connectivity index (χ4n) is 2.09. The zero-order chi connectivity index (χ0) is 11.4. The predicted molar refractivity (Wildman–Crippen MR) is 76.4 cm³/mol. The molecule has 0 radical (unpaired) electrons. The summed E-state index contributed by atoms with van der Waals surface area (Å²) < 4.78 is 0. The van der Waals surface area contributed by atoms with E-state index in [0.29, 0.717) is 11.8 Å². The maximum absolute atomic E-state index is 2.30. The molecule has 0 amide bonds. The molecule has 0 bridgehead atoms. The molecule has 0 spiro atoms. The van der Waals surface area contributed by atoms with Crippen LogP contribution in [0.15, 0.2) is 60.7 Å². The Balaban J connectivity index is 0.00000144. The van der Waals surface area contributed by atoms with Gasteiger partial charge in [-0.25, -0.2) is 0 Å². The second kappa shape index (κ2) is 6.24. The van der Waals surface area contributed by atoms with Gasteiger partial charge in [-0.15, -0.1) is 0 Å². The summed E-state index contributed by atoms with van der Waals surface area (Å²) in [5.41, 5.74) is 2.83. The molecule has 0 aliphatic rings. The first kappa shape index (κ1) is 13.5. The third-order valence-electron chi connectivity index (χ3n) is 3.40. The minimum absolute atomic E-state index is 0. The summed E-state index contributed by atoms with van der Waals surface area (Å²) in [6.07, 6.45) is 0. The van der Waals surface area contributed by atoms with Gasteiger partial charge in [-0.1, -0.05) is 81.9 Å². The van der Waals surface area contributed by atoms with E-state index in [1.807, 2.05) is 0 Å². The maximum Gasteiger partial charge on any atom is -0.0124 e. The van der Waals surface area contributed by atoms with Gasteiger partial charge < -0.3 is 0 Å². The first-order valence-corrected chi connectivity index (χ1v) is 5.89. The molecular weight excluding hydrogens is 204 g/mol. The van der Waals surface area contributed by atoms with Gasteiger partial charge in [0.05, 0.1) is 0 Å². The lowest BCUT2D eigenvalue weighted by Crippen LogP contribution is -2.04. The van der Waals surface area contributed by atoms with Crippen molar-refractivity contribution in [3.63, 3.8) is 0 Å². The summed E-state index contributed by atoms with van der Waals surface area (Å²) in [5.74, 6) is 1.12. The first-order chi connectivity index (χ1) is 7.79. The lowest BCUT2D eigenvalue weighted by atomic mass is 9.84. The van der Waals surface area contributed by atoms with Crippen LogP contribution in [0.2, 0.25) is 0 Å². The van der Waals surface area contributed by atoms with Crippen LogP contribution < -0.4 is 0 Å². The average Bonchev–Trinajstić information content (AvgIpc) is 2.39. The highest BCUT2D eigenvalue weighted by molar-refractivity contribution is 5.27. The minimum Gasteiger partial charge on any atom is -0.0776 e. The molecule has 2 rings (SSSR count). The van der Waals surface area contributed by atoms with Crippen LogP contribution in [-0.4, -0.2) is 0 Å². The van der Waals surface area contributed by atoms with Crippen molar-refractivity contribution in [2.75, 3.05) is 0 Å². The molecule has 0 aromatic heterocycles. The van der Waals surface area contributed by atoms with Gasteiger partial charge in [0, 0.05) is 0 Å². The smallest absolute Gasteiger partial charge is 0.0124 e. The lowest BCUT2D eigenvalue weighted by Gasteiger charge is -2.20. The molecule has 0 heterocycles. The monoisotopic (exact) mass is 226 g/mol. The van der Waals surface area contributed by atoms with Crippen LogP contribution in [0, 0.1) is 0 Å². The van der Waals surface area contributed by atoms with Crippen molar-refractivity contribution in [3.8, 4) is 0 Å². The fraction of sp³-hybridized carbons (Fsp3) is 0.294. The molecule has 0 nitrogen and oxygen atoms in total. The molecule has 0 fully saturated rings. The van der Waals surface area contributed by atoms with Crippen LogP contribution in [-0.2, 0) is 0 Å². The molecule has 0 aliphatic carbocycles. The standard InChI is InChI=1S/C16H18.CH4/c1-13(15-9-5-3-6-10-15)14(2)16-11-7-4-8-12-16;/h3-14H,1-2H3;1H4. The number of hydrogen-bond acceptors (Lipinski definition) is 0. The molecular formula is C17H22. The largest absolute Gasteiger partial charge is 0.0776 e. The maximum atomic E-state index is 2.30. The van der Waals surface area contributed by atoms with E-state index in [4.69, 9.17) is 0 Å². The summed E-state index contributed by atoms with van der Waals surface area (Å²) in [6.45, 7) is 4.60. The summed E-state index contributed by atoms with van der Waals surface area (Å²) in [4.78, 5) is 0. The van der Waals surface area contributed by atoms with Crippen LogP contribution in [0.25, 0.3) is 0 Å². The highest BCUT2D eigenvalue weighted by Gasteiger charge is 2.15. The van der Waals surface area contributed by atoms with Gasteiger partial charge in [0.2, 0.25) is 0 Å². The summed E-state index contributed by atoms with van der Waals surface area (Å²) in [7, 11) is 0. The highest BCUT2D eigenvalue weighted by atomic mass is 14.2. The molecule has 2 aromatic rings. The fourth-order valence-corrected chi connectivity index (χ4v) is 2.09. The molecule has 0 saturated carbocycles. The Morgan fingerprint density at radius 1 is 0.588 bits per heavy atom. The number of hydrogen-bond donors (Lipinski definition) is 0. The van der Waals surface area contributed by atoms with Gasteiger partial charge in [0.25, 0.3) is 0 Å². The summed E-state index contributed by atoms with van der Waals surface area (Å²) in [5, 5.41) is 0. The molecule has 0 aliphatic heterocycles. The van der Waals surface area contributed by atoms with Crippen molar-refractivity contribution in [2.45, 2.75) is 33.1 Å². The van der Waals surface area contributed by atoms with Gasteiger partial charge in [-0.3, -0.25) is 0 Å². The van der Waals surface area contributed by atoms with Crippen LogP contribution in [0.5, 0.6) is 0 Å². The minimum atomic E-state index is 0. The SMILES string of the molecule is C.CC(c1ccccc1)C(C)c1ccccc1. The highest BCUT2D eigenvalue weighted by Crippen LogP contribution is 2.31. The van der Waals surface area contributed by atoms with E-state index in [9.17, 15) is 0 Å². The van der Waals surface area contributed by atoms with Gasteiger partial charge in [0.1, 0.15) is 0 Å².